The summed E-state index contributed by atoms with van der Waals surface area (Å²) >= 11 is 0. The molecule has 0 spiro atoms. The summed E-state index contributed by atoms with van der Waals surface area (Å²) in [7, 11) is 0. The van der Waals surface area contributed by atoms with Crippen LogP contribution in [0.2, 0.25) is 0 Å². The average molecular weight is 238 g/mol. The van der Waals surface area contributed by atoms with Crippen LogP contribution in [0.5, 0.6) is 0 Å². The molecule has 0 heteroatoms. The summed E-state index contributed by atoms with van der Waals surface area (Å²) in [5.74, 6) is 0. The molecule has 0 fully saturated rings. The molecule has 0 nitrogen and oxygen atoms in total. The fraction of sp³-hybridized carbons (Fsp3) is 0.647. The summed E-state index contributed by atoms with van der Waals surface area (Å²) in [5.41, 5.74) is 4.00. The first-order valence-electron chi connectivity index (χ1n) is 7.14. The van der Waals surface area contributed by atoms with Crippen LogP contribution in [-0.4, -0.2) is 0 Å². The van der Waals surface area contributed by atoms with E-state index < -0.39 is 0 Å². The molecule has 0 aromatic carbocycles. The van der Waals surface area contributed by atoms with Crippen molar-refractivity contribution in [1.82, 2.24) is 0 Å². The maximum Gasteiger partial charge on any atom is -0.0285 e. The second-order valence-electron chi connectivity index (χ2n) is 3.57. The molecule has 0 atom stereocenters. The summed E-state index contributed by atoms with van der Waals surface area (Å²) in [6.45, 7) is 20.7. The van der Waals surface area contributed by atoms with Crippen molar-refractivity contribution in [3.63, 3.8) is 0 Å². The topological polar surface area (TPSA) is 0 Å². The monoisotopic (exact) mass is 238 g/mol. The Labute approximate surface area is 111 Å². The van der Waals surface area contributed by atoms with Crippen LogP contribution in [0.25, 0.3) is 0 Å². The Hall–Kier alpha value is -0.780. The van der Waals surface area contributed by atoms with E-state index in [4.69, 9.17) is 0 Å². The Bertz CT molecular complexity index is 216. The first-order chi connectivity index (χ1) is 8.11. The van der Waals surface area contributed by atoms with Crippen LogP contribution in [0.1, 0.15) is 74.7 Å². The van der Waals surface area contributed by atoms with Crippen LogP contribution in [0, 0.1) is 0 Å². The quantitative estimate of drug-likeness (QED) is 0.468. The first-order valence-corrected chi connectivity index (χ1v) is 7.14. The number of rotatable bonds is 5. The van der Waals surface area contributed by atoms with Crippen LogP contribution in [0.4, 0.5) is 0 Å². The van der Waals surface area contributed by atoms with Gasteiger partial charge in [-0.25, -0.2) is 0 Å². The number of hydrogen-bond acceptors (Lipinski definition) is 0. The minimum absolute atomic E-state index is 1.11. The third kappa shape index (κ3) is 15.2. The van der Waals surface area contributed by atoms with E-state index in [-0.39, 0.29) is 0 Å². The van der Waals surface area contributed by atoms with E-state index in [1.54, 1.807) is 0 Å². The maximum absolute atomic E-state index is 4.05. The summed E-state index contributed by atoms with van der Waals surface area (Å²) in [5, 5.41) is 0. The lowest BCUT2D eigenvalue weighted by atomic mass is 10.0. The largest absolute Gasteiger partial charge is 0.0956 e. The highest BCUT2D eigenvalue weighted by Gasteiger charge is 1.93. The van der Waals surface area contributed by atoms with Gasteiger partial charge >= 0.3 is 0 Å². The predicted octanol–water partition coefficient (Wildman–Crippen LogP) is 6.70. The van der Waals surface area contributed by atoms with Gasteiger partial charge in [0, 0.05) is 0 Å². The van der Waals surface area contributed by atoms with Crippen LogP contribution >= 0.6 is 0 Å². The van der Waals surface area contributed by atoms with E-state index in [2.05, 4.69) is 46.4 Å². The van der Waals surface area contributed by atoms with Crippen LogP contribution < -0.4 is 0 Å². The van der Waals surface area contributed by atoms with E-state index in [1.807, 2.05) is 27.7 Å². The van der Waals surface area contributed by atoms with E-state index in [9.17, 15) is 0 Å². The highest BCUT2D eigenvalue weighted by Crippen LogP contribution is 2.13. The number of hydrogen-bond donors (Lipinski definition) is 0. The minimum Gasteiger partial charge on any atom is -0.0956 e. The highest BCUT2D eigenvalue weighted by molar-refractivity contribution is 5.30. The SMILES string of the molecule is C=C(CCC)/C(C)=C/C=C(/C)CC.CC.CC. The van der Waals surface area contributed by atoms with Gasteiger partial charge in [-0.15, -0.1) is 0 Å². The molecule has 17 heavy (non-hydrogen) atoms. The summed E-state index contributed by atoms with van der Waals surface area (Å²) in [6.07, 6.45) is 7.79. The van der Waals surface area contributed by atoms with Gasteiger partial charge in [0.05, 0.1) is 0 Å². The van der Waals surface area contributed by atoms with Crippen molar-refractivity contribution in [3.05, 3.63) is 35.5 Å². The molecule has 102 valence electrons. The average Bonchev–Trinajstić information content (AvgIpc) is 2.40. The molecule has 0 amide bonds. The molecular weight excluding hydrogens is 204 g/mol. The van der Waals surface area contributed by atoms with E-state index in [0.29, 0.717) is 0 Å². The summed E-state index contributed by atoms with van der Waals surface area (Å²) in [6, 6.07) is 0. The summed E-state index contributed by atoms with van der Waals surface area (Å²) < 4.78 is 0. The lowest BCUT2D eigenvalue weighted by Gasteiger charge is -2.02. The van der Waals surface area contributed by atoms with Crippen molar-refractivity contribution in [3.8, 4) is 0 Å². The molecule has 0 saturated carbocycles. The Balaban J connectivity index is -0.000000439. The minimum atomic E-state index is 1.11. The molecule has 0 heterocycles. The van der Waals surface area contributed by atoms with Crippen molar-refractivity contribution in [2.24, 2.45) is 0 Å². The molecule has 0 aliphatic carbocycles. The molecule has 0 saturated heterocycles. The zero-order valence-electron chi connectivity index (χ0n) is 13.5. The second-order valence-corrected chi connectivity index (χ2v) is 3.57. The van der Waals surface area contributed by atoms with Crippen molar-refractivity contribution in [1.29, 1.82) is 0 Å². The van der Waals surface area contributed by atoms with Gasteiger partial charge in [0.15, 0.2) is 0 Å². The molecule has 0 aromatic rings. The van der Waals surface area contributed by atoms with Crippen molar-refractivity contribution >= 4 is 0 Å². The van der Waals surface area contributed by atoms with Crippen molar-refractivity contribution in [2.45, 2.75) is 74.7 Å². The van der Waals surface area contributed by atoms with E-state index >= 15 is 0 Å². The van der Waals surface area contributed by atoms with Gasteiger partial charge in [0.1, 0.15) is 0 Å². The fourth-order valence-corrected chi connectivity index (χ4v) is 1.00. The van der Waals surface area contributed by atoms with Gasteiger partial charge in [-0.05, 0) is 32.3 Å². The molecule has 0 aliphatic heterocycles. The van der Waals surface area contributed by atoms with Gasteiger partial charge in [0.2, 0.25) is 0 Å². The molecule has 0 N–H and O–H groups in total. The van der Waals surface area contributed by atoms with E-state index in [1.165, 1.54) is 23.1 Å². The third-order valence-electron chi connectivity index (χ3n) is 2.28. The molecule has 0 aromatic heterocycles. The van der Waals surface area contributed by atoms with Crippen LogP contribution in [0.15, 0.2) is 35.5 Å². The van der Waals surface area contributed by atoms with Crippen molar-refractivity contribution < 1.29 is 0 Å². The standard InChI is InChI=1S/C13H22.2C2H6/c1-6-8-12(4)13(5)10-9-11(3)7-2;2*1-2/h9-10H,4,6-8H2,1-3,5H3;2*1-2H3/b11-9-,13-10+;;. The van der Waals surface area contributed by atoms with Crippen LogP contribution in [0.3, 0.4) is 0 Å². The Morgan fingerprint density at radius 1 is 0.941 bits per heavy atom. The zero-order chi connectivity index (χ0) is 14.3. The number of allylic oxidation sites excluding steroid dienone is 5. The van der Waals surface area contributed by atoms with Gasteiger partial charge in [-0.3, -0.25) is 0 Å². The molecular formula is C17H34. The van der Waals surface area contributed by atoms with E-state index in [0.717, 1.165) is 12.8 Å². The Morgan fingerprint density at radius 2 is 1.41 bits per heavy atom. The lowest BCUT2D eigenvalue weighted by molar-refractivity contribution is 0.915. The van der Waals surface area contributed by atoms with Gasteiger partial charge in [-0.2, -0.15) is 0 Å². The molecule has 0 aliphatic rings. The zero-order valence-corrected chi connectivity index (χ0v) is 13.5. The van der Waals surface area contributed by atoms with Gasteiger partial charge in [-0.1, -0.05) is 77.8 Å². The van der Waals surface area contributed by atoms with Crippen LogP contribution in [-0.2, 0) is 0 Å². The predicted molar refractivity (Wildman–Crippen MR) is 84.5 cm³/mol. The Kier molecular flexibility index (Phi) is 22.3. The highest BCUT2D eigenvalue weighted by atomic mass is 14.0. The lowest BCUT2D eigenvalue weighted by Crippen LogP contribution is -1.82. The second kappa shape index (κ2) is 17.6. The van der Waals surface area contributed by atoms with Crippen molar-refractivity contribution in [2.75, 3.05) is 0 Å². The maximum atomic E-state index is 4.05. The fourth-order valence-electron chi connectivity index (χ4n) is 1.00. The molecule has 0 rings (SSSR count). The smallest absolute Gasteiger partial charge is 0.0285 e. The summed E-state index contributed by atoms with van der Waals surface area (Å²) in [4.78, 5) is 0. The first kappa shape index (κ1) is 21.5. The molecule has 0 bridgehead atoms. The van der Waals surface area contributed by atoms with Gasteiger partial charge in [0.25, 0.3) is 0 Å². The normalized spacial score (nSPS) is 10.8. The van der Waals surface area contributed by atoms with Gasteiger partial charge < -0.3 is 0 Å². The molecule has 0 radical (unpaired) electrons. The Morgan fingerprint density at radius 3 is 1.76 bits per heavy atom. The molecule has 0 unspecified atom stereocenters. The third-order valence-corrected chi connectivity index (χ3v) is 2.28.